The summed E-state index contributed by atoms with van der Waals surface area (Å²) in [5, 5.41) is 8.09. The van der Waals surface area contributed by atoms with Crippen molar-refractivity contribution in [1.82, 2.24) is 14.6 Å². The van der Waals surface area contributed by atoms with Crippen LogP contribution in [0.4, 0.5) is 10.1 Å². The molecule has 0 atom stereocenters. The normalized spacial score (nSPS) is 10.9. The highest BCUT2D eigenvalue weighted by Gasteiger charge is 2.15. The van der Waals surface area contributed by atoms with E-state index in [0.29, 0.717) is 32.4 Å². The van der Waals surface area contributed by atoms with Crippen LogP contribution in [0.1, 0.15) is 6.92 Å². The van der Waals surface area contributed by atoms with Gasteiger partial charge in [0.15, 0.2) is 0 Å². The molecule has 4 aromatic rings. The Morgan fingerprint density at radius 3 is 2.60 bits per heavy atom. The summed E-state index contributed by atoms with van der Waals surface area (Å²) in [5.41, 5.74) is 1.42. The number of carbonyl (C=O) groups excluding carboxylic acids is 1. The molecule has 4 rings (SSSR count). The minimum atomic E-state index is -0.440. The number of nitrogens with one attached hydrogen (secondary N) is 1. The lowest BCUT2D eigenvalue weighted by Crippen LogP contribution is -2.14. The molecule has 1 N–H and O–H groups in total. The van der Waals surface area contributed by atoms with Crippen molar-refractivity contribution in [1.29, 1.82) is 0 Å². The van der Waals surface area contributed by atoms with Crippen LogP contribution in [0.25, 0.3) is 16.6 Å². The van der Waals surface area contributed by atoms with Crippen LogP contribution in [0.15, 0.2) is 75.6 Å². The van der Waals surface area contributed by atoms with E-state index in [1.54, 1.807) is 42.5 Å². The van der Waals surface area contributed by atoms with Crippen LogP contribution < -0.4 is 10.9 Å². The van der Waals surface area contributed by atoms with Gasteiger partial charge in [0.25, 0.3) is 5.56 Å². The summed E-state index contributed by atoms with van der Waals surface area (Å²) in [6.45, 7) is 1.40. The summed E-state index contributed by atoms with van der Waals surface area (Å²) in [7, 11) is 0. The largest absolute Gasteiger partial charge is 0.326 e. The van der Waals surface area contributed by atoms with Crippen molar-refractivity contribution in [3.05, 3.63) is 82.1 Å². The quantitative estimate of drug-likeness (QED) is 0.499. The van der Waals surface area contributed by atoms with Crippen molar-refractivity contribution >= 4 is 40.5 Å². The maximum atomic E-state index is 13.1. The number of amides is 1. The first-order valence-corrected chi connectivity index (χ1v) is 10.00. The van der Waals surface area contributed by atoms with E-state index in [9.17, 15) is 14.0 Å². The van der Waals surface area contributed by atoms with Crippen molar-refractivity contribution in [2.45, 2.75) is 16.8 Å². The van der Waals surface area contributed by atoms with E-state index in [-0.39, 0.29) is 11.7 Å². The number of halogens is 2. The highest BCUT2D eigenvalue weighted by Crippen LogP contribution is 2.32. The Hall–Kier alpha value is -3.23. The second-order valence-corrected chi connectivity index (χ2v) is 7.86. The second-order valence-electron chi connectivity index (χ2n) is 6.36. The minimum absolute atomic E-state index is 0.221. The van der Waals surface area contributed by atoms with E-state index in [1.807, 2.05) is 0 Å². The zero-order chi connectivity index (χ0) is 21.3. The standard InChI is InChI=1S/C21H14ClFN4O2S/c1-12(28)25-14-4-7-16(17(22)10-14)20-18-8-9-19(26-27(18)11-24-21(20)29)30-15-5-2-13(23)3-6-15/h2-11H,1H3,(H,25,28). The van der Waals surface area contributed by atoms with E-state index in [0.717, 1.165) is 4.90 Å². The predicted octanol–water partition coefficient (Wildman–Crippen LogP) is 4.66. The Balaban J connectivity index is 1.75. The topological polar surface area (TPSA) is 76.4 Å². The van der Waals surface area contributed by atoms with Gasteiger partial charge in [-0.05, 0) is 48.5 Å². The molecule has 2 aromatic heterocycles. The maximum absolute atomic E-state index is 13.1. The Morgan fingerprint density at radius 2 is 1.90 bits per heavy atom. The summed E-state index contributed by atoms with van der Waals surface area (Å²) in [4.78, 5) is 28.5. The van der Waals surface area contributed by atoms with E-state index in [2.05, 4.69) is 15.4 Å². The molecular formula is C21H14ClFN4O2S. The third-order valence-electron chi connectivity index (χ3n) is 4.19. The van der Waals surface area contributed by atoms with Crippen LogP contribution in [0, 0.1) is 5.82 Å². The van der Waals surface area contributed by atoms with E-state index in [1.165, 1.54) is 41.7 Å². The molecule has 0 aliphatic carbocycles. The third-order valence-corrected chi connectivity index (χ3v) is 5.43. The van der Waals surface area contributed by atoms with Gasteiger partial charge in [0.05, 0.1) is 16.1 Å². The molecule has 1 amide bonds. The lowest BCUT2D eigenvalue weighted by atomic mass is 10.1. The van der Waals surface area contributed by atoms with Crippen molar-refractivity contribution < 1.29 is 9.18 Å². The van der Waals surface area contributed by atoms with Crippen molar-refractivity contribution in [2.24, 2.45) is 0 Å². The Bertz CT molecular complexity index is 1330. The lowest BCUT2D eigenvalue weighted by Gasteiger charge is -2.11. The number of nitrogens with zero attached hydrogens (tertiary/aromatic N) is 3. The number of rotatable bonds is 4. The van der Waals surface area contributed by atoms with Crippen LogP contribution >= 0.6 is 23.4 Å². The first-order valence-electron chi connectivity index (χ1n) is 8.80. The fourth-order valence-electron chi connectivity index (χ4n) is 2.92. The molecule has 2 heterocycles. The average Bonchev–Trinajstić information content (AvgIpc) is 2.70. The summed E-state index contributed by atoms with van der Waals surface area (Å²) in [6, 6.07) is 14.5. The third kappa shape index (κ3) is 4.19. The van der Waals surface area contributed by atoms with E-state index >= 15 is 0 Å². The Labute approximate surface area is 179 Å². The fourth-order valence-corrected chi connectivity index (χ4v) is 3.97. The number of aromatic nitrogens is 3. The first kappa shape index (κ1) is 20.1. The van der Waals surface area contributed by atoms with Crippen molar-refractivity contribution in [3.63, 3.8) is 0 Å². The molecule has 30 heavy (non-hydrogen) atoms. The van der Waals surface area contributed by atoms with Gasteiger partial charge in [-0.1, -0.05) is 29.4 Å². The predicted molar refractivity (Wildman–Crippen MR) is 115 cm³/mol. The molecule has 0 radical (unpaired) electrons. The minimum Gasteiger partial charge on any atom is -0.326 e. The average molecular weight is 441 g/mol. The van der Waals surface area contributed by atoms with Crippen LogP contribution in [0.2, 0.25) is 5.02 Å². The molecule has 0 saturated carbocycles. The monoisotopic (exact) mass is 440 g/mol. The Kier molecular flexibility index (Phi) is 5.52. The van der Waals surface area contributed by atoms with Gasteiger partial charge < -0.3 is 5.32 Å². The highest BCUT2D eigenvalue weighted by molar-refractivity contribution is 7.99. The van der Waals surface area contributed by atoms with Crippen LogP contribution in [-0.2, 0) is 4.79 Å². The van der Waals surface area contributed by atoms with Crippen molar-refractivity contribution in [3.8, 4) is 11.1 Å². The van der Waals surface area contributed by atoms with Gasteiger partial charge in [-0.15, -0.1) is 0 Å². The van der Waals surface area contributed by atoms with Gasteiger partial charge >= 0.3 is 0 Å². The molecule has 0 aliphatic heterocycles. The first-order chi connectivity index (χ1) is 14.4. The molecule has 0 aliphatic rings. The summed E-state index contributed by atoms with van der Waals surface area (Å²) in [6.07, 6.45) is 1.34. The number of hydrogen-bond donors (Lipinski definition) is 1. The van der Waals surface area contributed by atoms with Gasteiger partial charge in [0.1, 0.15) is 17.2 Å². The van der Waals surface area contributed by atoms with Gasteiger partial charge in [-0.25, -0.2) is 8.91 Å². The molecule has 150 valence electrons. The van der Waals surface area contributed by atoms with Gasteiger partial charge in [-0.3, -0.25) is 9.59 Å². The molecule has 0 spiro atoms. The smallest absolute Gasteiger partial charge is 0.281 e. The van der Waals surface area contributed by atoms with Gasteiger partial charge in [0.2, 0.25) is 5.91 Å². The summed E-state index contributed by atoms with van der Waals surface area (Å²) in [5.74, 6) is -0.528. The molecule has 6 nitrogen and oxygen atoms in total. The Morgan fingerprint density at radius 1 is 1.13 bits per heavy atom. The molecule has 0 fully saturated rings. The second kappa shape index (κ2) is 8.25. The molecular weight excluding hydrogens is 427 g/mol. The maximum Gasteiger partial charge on any atom is 0.281 e. The zero-order valence-corrected chi connectivity index (χ0v) is 17.2. The van der Waals surface area contributed by atoms with Crippen LogP contribution in [-0.4, -0.2) is 20.5 Å². The highest BCUT2D eigenvalue weighted by atomic mass is 35.5. The number of benzene rings is 2. The number of carbonyl (C=O) groups is 1. The van der Waals surface area contributed by atoms with E-state index in [4.69, 9.17) is 11.6 Å². The molecule has 0 saturated heterocycles. The lowest BCUT2D eigenvalue weighted by molar-refractivity contribution is -0.114. The fraction of sp³-hybridized carbons (Fsp3) is 0.0476. The SMILES string of the molecule is CC(=O)Nc1ccc(-c2c(=O)ncn3nc(Sc4ccc(F)cc4)ccc23)c(Cl)c1. The number of anilines is 1. The molecule has 2 aromatic carbocycles. The number of fused-ring (bicyclic) bond motifs is 1. The molecule has 0 bridgehead atoms. The van der Waals surface area contributed by atoms with Gasteiger partial charge in [-0.2, -0.15) is 10.1 Å². The van der Waals surface area contributed by atoms with Crippen LogP contribution in [0.5, 0.6) is 0 Å². The van der Waals surface area contributed by atoms with Gasteiger partial charge in [0, 0.05) is 23.1 Å². The van der Waals surface area contributed by atoms with E-state index < -0.39 is 5.56 Å². The summed E-state index contributed by atoms with van der Waals surface area (Å²) >= 11 is 7.75. The summed E-state index contributed by atoms with van der Waals surface area (Å²) < 4.78 is 14.6. The van der Waals surface area contributed by atoms with Crippen LogP contribution in [0.3, 0.4) is 0 Å². The van der Waals surface area contributed by atoms with Crippen molar-refractivity contribution in [2.75, 3.05) is 5.32 Å². The number of hydrogen-bond acceptors (Lipinski definition) is 5. The zero-order valence-electron chi connectivity index (χ0n) is 15.6. The molecule has 0 unspecified atom stereocenters. The molecule has 9 heteroatoms.